The molecule has 1 aliphatic rings. The number of nitrogens with zero attached hydrogens (tertiary/aromatic N) is 1. The molecule has 1 heterocycles. The maximum atomic E-state index is 12.9. The summed E-state index contributed by atoms with van der Waals surface area (Å²) in [5, 5.41) is 5.59. The molecule has 0 bridgehead atoms. The zero-order chi connectivity index (χ0) is 23.5. The molecule has 1 aliphatic heterocycles. The minimum Gasteiger partial charge on any atom is -0.355 e. The smallest absolute Gasteiger partial charge is 0.253 e. The monoisotopic (exact) mass is 435 g/mol. The molecule has 3 amide bonds. The van der Waals surface area contributed by atoms with Gasteiger partial charge in [-0.05, 0) is 60.6 Å². The number of hydrogen-bond donors (Lipinski definition) is 2. The van der Waals surface area contributed by atoms with E-state index in [1.807, 2.05) is 36.1 Å². The fourth-order valence-electron chi connectivity index (χ4n) is 4.03. The van der Waals surface area contributed by atoms with E-state index in [2.05, 4.69) is 31.4 Å². The Balaban J connectivity index is 1.59. The predicted octanol–water partition coefficient (Wildman–Crippen LogP) is 4.14. The van der Waals surface area contributed by atoms with E-state index in [1.54, 1.807) is 25.2 Å². The van der Waals surface area contributed by atoms with E-state index in [0.29, 0.717) is 42.7 Å². The summed E-state index contributed by atoms with van der Waals surface area (Å²) in [5.74, 6) is -0.395. The average molecular weight is 436 g/mol. The van der Waals surface area contributed by atoms with Crippen LogP contribution in [0.2, 0.25) is 0 Å². The van der Waals surface area contributed by atoms with Gasteiger partial charge in [-0.1, -0.05) is 39.0 Å². The molecule has 170 valence electrons. The Morgan fingerprint density at radius 3 is 2.16 bits per heavy atom. The molecule has 0 saturated carbocycles. The van der Waals surface area contributed by atoms with Gasteiger partial charge in [0.15, 0.2) is 0 Å². The van der Waals surface area contributed by atoms with E-state index >= 15 is 0 Å². The molecule has 0 aromatic heterocycles. The van der Waals surface area contributed by atoms with Gasteiger partial charge in [0.25, 0.3) is 11.8 Å². The summed E-state index contributed by atoms with van der Waals surface area (Å²) in [7, 11) is 1.58. The second-order valence-electron chi connectivity index (χ2n) is 9.44. The number of rotatable bonds is 4. The van der Waals surface area contributed by atoms with Crippen LogP contribution in [0, 0.1) is 12.8 Å². The molecule has 6 nitrogen and oxygen atoms in total. The van der Waals surface area contributed by atoms with Crippen LogP contribution >= 0.6 is 0 Å². The van der Waals surface area contributed by atoms with E-state index in [9.17, 15) is 14.4 Å². The Hall–Kier alpha value is -3.15. The van der Waals surface area contributed by atoms with Gasteiger partial charge in [-0.3, -0.25) is 14.4 Å². The summed E-state index contributed by atoms with van der Waals surface area (Å²) in [6.07, 6.45) is 1.23. The first kappa shape index (κ1) is 23.5. The molecule has 1 fully saturated rings. The lowest BCUT2D eigenvalue weighted by atomic mass is 9.86. The van der Waals surface area contributed by atoms with E-state index in [1.165, 1.54) is 5.56 Å². The van der Waals surface area contributed by atoms with E-state index in [-0.39, 0.29) is 29.1 Å². The molecular weight excluding hydrogens is 402 g/mol. The number of anilines is 1. The van der Waals surface area contributed by atoms with Crippen molar-refractivity contribution in [3.05, 3.63) is 64.7 Å². The number of nitrogens with one attached hydrogen (secondary N) is 2. The van der Waals surface area contributed by atoms with Crippen molar-refractivity contribution in [2.75, 3.05) is 25.5 Å². The molecule has 32 heavy (non-hydrogen) atoms. The summed E-state index contributed by atoms with van der Waals surface area (Å²) >= 11 is 0. The summed E-state index contributed by atoms with van der Waals surface area (Å²) in [5.41, 5.74) is 3.86. The molecule has 1 saturated heterocycles. The van der Waals surface area contributed by atoms with Crippen LogP contribution in [0.15, 0.2) is 42.5 Å². The Morgan fingerprint density at radius 2 is 1.59 bits per heavy atom. The lowest BCUT2D eigenvalue weighted by Gasteiger charge is -2.31. The van der Waals surface area contributed by atoms with E-state index in [0.717, 1.165) is 5.56 Å². The number of carbonyl (C=O) groups is 3. The summed E-state index contributed by atoms with van der Waals surface area (Å²) in [6.45, 7) is 9.37. The normalized spacial score (nSPS) is 14.7. The summed E-state index contributed by atoms with van der Waals surface area (Å²) in [4.78, 5) is 39.5. The van der Waals surface area contributed by atoms with Crippen LogP contribution in [-0.4, -0.2) is 42.8 Å². The van der Waals surface area contributed by atoms with Crippen LogP contribution in [0.25, 0.3) is 0 Å². The first-order valence-electron chi connectivity index (χ1n) is 11.1. The van der Waals surface area contributed by atoms with Crippen LogP contribution < -0.4 is 10.6 Å². The topological polar surface area (TPSA) is 78.5 Å². The van der Waals surface area contributed by atoms with Gasteiger partial charge < -0.3 is 15.5 Å². The summed E-state index contributed by atoms with van der Waals surface area (Å²) < 4.78 is 0. The molecule has 0 radical (unpaired) electrons. The largest absolute Gasteiger partial charge is 0.355 e. The molecule has 6 heteroatoms. The highest BCUT2D eigenvalue weighted by Gasteiger charge is 2.28. The van der Waals surface area contributed by atoms with Crippen LogP contribution in [0.4, 0.5) is 5.69 Å². The minimum atomic E-state index is -0.180. The van der Waals surface area contributed by atoms with Gasteiger partial charge in [-0.2, -0.15) is 0 Å². The second-order valence-corrected chi connectivity index (χ2v) is 9.44. The fourth-order valence-corrected chi connectivity index (χ4v) is 4.03. The van der Waals surface area contributed by atoms with Gasteiger partial charge in [-0.25, -0.2) is 0 Å². The number of piperidine rings is 1. The van der Waals surface area contributed by atoms with Crippen molar-refractivity contribution in [1.82, 2.24) is 10.2 Å². The van der Waals surface area contributed by atoms with E-state index < -0.39 is 0 Å². The Bertz CT molecular complexity index is 998. The highest BCUT2D eigenvalue weighted by Crippen LogP contribution is 2.25. The first-order chi connectivity index (χ1) is 15.1. The zero-order valence-electron chi connectivity index (χ0n) is 19.6. The highest BCUT2D eigenvalue weighted by atomic mass is 16.2. The number of likely N-dealkylation sites (tertiary alicyclic amines) is 1. The molecule has 0 unspecified atom stereocenters. The van der Waals surface area contributed by atoms with Gasteiger partial charge in [0.2, 0.25) is 5.91 Å². The molecule has 0 aliphatic carbocycles. The Kier molecular flexibility index (Phi) is 7.02. The number of amides is 3. The Morgan fingerprint density at radius 1 is 0.969 bits per heavy atom. The number of carbonyl (C=O) groups excluding carboxylic acids is 3. The molecule has 2 aromatic rings. The first-order valence-corrected chi connectivity index (χ1v) is 11.1. The van der Waals surface area contributed by atoms with Crippen molar-refractivity contribution in [3.63, 3.8) is 0 Å². The summed E-state index contributed by atoms with van der Waals surface area (Å²) in [6, 6.07) is 13.1. The van der Waals surface area contributed by atoms with Crippen LogP contribution in [0.1, 0.15) is 65.5 Å². The van der Waals surface area contributed by atoms with Crippen molar-refractivity contribution >= 4 is 23.4 Å². The molecule has 2 N–H and O–H groups in total. The van der Waals surface area contributed by atoms with Gasteiger partial charge in [0.05, 0.1) is 0 Å². The molecule has 3 rings (SSSR count). The Labute approximate surface area is 190 Å². The molecular formula is C26H33N3O3. The third kappa shape index (κ3) is 5.18. The fraction of sp³-hybridized carbons (Fsp3) is 0.423. The third-order valence-corrected chi connectivity index (χ3v) is 6.21. The predicted molar refractivity (Wildman–Crippen MR) is 127 cm³/mol. The quantitative estimate of drug-likeness (QED) is 0.758. The van der Waals surface area contributed by atoms with Crippen molar-refractivity contribution in [3.8, 4) is 0 Å². The van der Waals surface area contributed by atoms with Crippen molar-refractivity contribution in [1.29, 1.82) is 0 Å². The van der Waals surface area contributed by atoms with Crippen molar-refractivity contribution < 1.29 is 14.4 Å². The highest BCUT2D eigenvalue weighted by molar-refractivity contribution is 6.00. The lowest BCUT2D eigenvalue weighted by molar-refractivity contribution is -0.121. The second kappa shape index (κ2) is 9.55. The molecule has 0 atom stereocenters. The van der Waals surface area contributed by atoms with Crippen LogP contribution in [-0.2, 0) is 10.2 Å². The van der Waals surface area contributed by atoms with Gasteiger partial charge >= 0.3 is 0 Å². The van der Waals surface area contributed by atoms with Crippen molar-refractivity contribution in [2.24, 2.45) is 5.92 Å². The van der Waals surface area contributed by atoms with Gasteiger partial charge in [-0.15, -0.1) is 0 Å². The molecule has 0 spiro atoms. The SMILES string of the molecule is CNC(=O)c1cccc(NC(=O)C2CCN(C(=O)c3ccc(C(C)(C)C)cc3)CC2)c1C. The maximum Gasteiger partial charge on any atom is 0.253 e. The van der Waals surface area contributed by atoms with Gasteiger partial charge in [0.1, 0.15) is 0 Å². The minimum absolute atomic E-state index is 0.0124. The standard InChI is InChI=1S/C26H33N3O3/c1-17-21(24(31)27-5)7-6-8-22(17)28-23(30)18-13-15-29(16-14-18)25(32)19-9-11-20(12-10-19)26(2,3)4/h6-12,18H,13-16H2,1-5H3,(H,27,31)(H,28,30). The van der Waals surface area contributed by atoms with Crippen molar-refractivity contribution in [2.45, 2.75) is 46.0 Å². The number of hydrogen-bond acceptors (Lipinski definition) is 3. The van der Waals surface area contributed by atoms with Crippen LogP contribution in [0.5, 0.6) is 0 Å². The third-order valence-electron chi connectivity index (χ3n) is 6.21. The van der Waals surface area contributed by atoms with Gasteiger partial charge in [0, 0.05) is 42.9 Å². The number of benzene rings is 2. The zero-order valence-corrected chi connectivity index (χ0v) is 19.6. The average Bonchev–Trinajstić information content (AvgIpc) is 2.79. The lowest BCUT2D eigenvalue weighted by Crippen LogP contribution is -2.41. The molecule has 2 aromatic carbocycles. The van der Waals surface area contributed by atoms with E-state index in [4.69, 9.17) is 0 Å². The maximum absolute atomic E-state index is 12.9. The van der Waals surface area contributed by atoms with Crippen LogP contribution in [0.3, 0.4) is 0 Å².